The highest BCUT2D eigenvalue weighted by atomic mass is 32.1. The molecule has 2 heterocycles. The monoisotopic (exact) mass is 250 g/mol. The molecule has 6 heteroatoms. The quantitative estimate of drug-likeness (QED) is 0.781. The summed E-state index contributed by atoms with van der Waals surface area (Å²) in [6, 6.07) is 3.32. The molecular weight excluding hydrogens is 240 g/mol. The van der Waals surface area contributed by atoms with Gasteiger partial charge >= 0.3 is 5.97 Å². The number of carboxylic acids is 1. The molecule has 2 rings (SSSR count). The number of carboxylic acid groups (broad SMARTS) is 1. The van der Waals surface area contributed by atoms with Crippen molar-refractivity contribution in [1.82, 2.24) is 4.98 Å². The normalized spacial score (nSPS) is 10.2. The van der Waals surface area contributed by atoms with E-state index < -0.39 is 5.97 Å². The molecule has 0 saturated heterocycles. The Morgan fingerprint density at radius 3 is 2.82 bits per heavy atom. The highest BCUT2D eigenvalue weighted by molar-refractivity contribution is 7.12. The van der Waals surface area contributed by atoms with Gasteiger partial charge in [0.25, 0.3) is 5.91 Å². The zero-order valence-corrected chi connectivity index (χ0v) is 9.80. The first-order chi connectivity index (χ1) is 8.09. The van der Waals surface area contributed by atoms with E-state index in [2.05, 4.69) is 10.3 Å². The fourth-order valence-corrected chi connectivity index (χ4v) is 2.25. The third-order valence-corrected chi connectivity index (χ3v) is 3.34. The molecule has 0 unspecified atom stereocenters. The number of aromatic carboxylic acids is 1. The van der Waals surface area contributed by atoms with Crippen molar-refractivity contribution >= 4 is 28.9 Å². The van der Waals surface area contributed by atoms with Gasteiger partial charge in [0.1, 0.15) is 10.6 Å². The Balaban J connectivity index is 2.27. The molecule has 88 valence electrons. The van der Waals surface area contributed by atoms with Crippen molar-refractivity contribution in [2.24, 2.45) is 0 Å². The van der Waals surface area contributed by atoms with Crippen LogP contribution in [-0.4, -0.2) is 22.0 Å². The molecule has 0 aromatic carbocycles. The second-order valence-electron chi connectivity index (χ2n) is 3.47. The van der Waals surface area contributed by atoms with E-state index in [1.807, 2.05) is 0 Å². The lowest BCUT2D eigenvalue weighted by Gasteiger charge is -2.04. The maximum atomic E-state index is 11.8. The summed E-state index contributed by atoms with van der Waals surface area (Å²) in [5.74, 6) is -1.39. The molecule has 2 aromatic heterocycles. The molecule has 2 aromatic rings. The molecule has 1 amide bonds. The SMILES string of the molecule is Cc1csc(C(=O)O)c1NC(=O)c1ccc[nH]1. The van der Waals surface area contributed by atoms with Gasteiger partial charge < -0.3 is 15.4 Å². The number of hydrogen-bond acceptors (Lipinski definition) is 3. The van der Waals surface area contributed by atoms with Crippen molar-refractivity contribution in [1.29, 1.82) is 0 Å². The van der Waals surface area contributed by atoms with E-state index in [1.165, 1.54) is 0 Å². The van der Waals surface area contributed by atoms with Crippen LogP contribution in [0.2, 0.25) is 0 Å². The summed E-state index contributed by atoms with van der Waals surface area (Å²) < 4.78 is 0. The lowest BCUT2D eigenvalue weighted by molar-refractivity contribution is 0.0703. The third kappa shape index (κ3) is 2.21. The van der Waals surface area contributed by atoms with Crippen LogP contribution in [0.15, 0.2) is 23.7 Å². The van der Waals surface area contributed by atoms with Gasteiger partial charge in [-0.1, -0.05) is 0 Å². The van der Waals surface area contributed by atoms with Gasteiger partial charge in [-0.3, -0.25) is 4.79 Å². The molecule has 0 bridgehead atoms. The topological polar surface area (TPSA) is 82.2 Å². The number of carbonyl (C=O) groups is 2. The minimum atomic E-state index is -1.04. The minimum Gasteiger partial charge on any atom is -0.477 e. The standard InChI is InChI=1S/C11H10N2O3S/c1-6-5-17-9(11(15)16)8(6)13-10(14)7-3-2-4-12-7/h2-5,12H,1H3,(H,13,14)(H,15,16). The first-order valence-corrected chi connectivity index (χ1v) is 5.73. The zero-order chi connectivity index (χ0) is 12.4. The Morgan fingerprint density at radius 2 is 2.24 bits per heavy atom. The summed E-state index contributed by atoms with van der Waals surface area (Å²) in [6.07, 6.45) is 1.63. The molecule has 0 radical (unpaired) electrons. The maximum Gasteiger partial charge on any atom is 0.348 e. The van der Waals surface area contributed by atoms with Crippen molar-refractivity contribution in [2.75, 3.05) is 5.32 Å². The lowest BCUT2D eigenvalue weighted by Crippen LogP contribution is -2.14. The number of aromatic amines is 1. The van der Waals surface area contributed by atoms with Gasteiger partial charge in [0.2, 0.25) is 0 Å². The average molecular weight is 250 g/mol. The Hall–Kier alpha value is -2.08. The Bertz CT molecular complexity index is 557. The van der Waals surface area contributed by atoms with E-state index in [9.17, 15) is 9.59 Å². The van der Waals surface area contributed by atoms with Crippen LogP contribution in [0.5, 0.6) is 0 Å². The van der Waals surface area contributed by atoms with Crippen LogP contribution < -0.4 is 5.32 Å². The van der Waals surface area contributed by atoms with Crippen molar-refractivity contribution in [3.05, 3.63) is 39.8 Å². The van der Waals surface area contributed by atoms with Gasteiger partial charge in [-0.05, 0) is 30.0 Å². The maximum absolute atomic E-state index is 11.8. The molecular formula is C11H10N2O3S. The van der Waals surface area contributed by atoms with Crippen LogP contribution in [0.25, 0.3) is 0 Å². The van der Waals surface area contributed by atoms with Crippen molar-refractivity contribution in [3.8, 4) is 0 Å². The number of aromatic nitrogens is 1. The average Bonchev–Trinajstić information content (AvgIpc) is 2.89. The molecule has 17 heavy (non-hydrogen) atoms. The van der Waals surface area contributed by atoms with Gasteiger partial charge in [0.15, 0.2) is 0 Å². The molecule has 0 aliphatic heterocycles. The second kappa shape index (κ2) is 4.42. The van der Waals surface area contributed by atoms with Crippen LogP contribution in [-0.2, 0) is 0 Å². The first kappa shape index (κ1) is 11.4. The number of aryl methyl sites for hydroxylation is 1. The largest absolute Gasteiger partial charge is 0.477 e. The number of anilines is 1. The van der Waals surface area contributed by atoms with Crippen LogP contribution >= 0.6 is 11.3 Å². The molecule has 0 saturated carbocycles. The van der Waals surface area contributed by atoms with Crippen molar-refractivity contribution in [3.63, 3.8) is 0 Å². The van der Waals surface area contributed by atoms with Gasteiger partial charge in [-0.2, -0.15) is 0 Å². The number of H-pyrrole nitrogens is 1. The summed E-state index contributed by atoms with van der Waals surface area (Å²) in [6.45, 7) is 1.76. The smallest absolute Gasteiger partial charge is 0.348 e. The number of amides is 1. The Kier molecular flexibility index (Phi) is 2.97. The summed E-state index contributed by atoms with van der Waals surface area (Å²) in [5, 5.41) is 13.3. The van der Waals surface area contributed by atoms with Gasteiger partial charge in [0.05, 0.1) is 5.69 Å². The summed E-state index contributed by atoms with van der Waals surface area (Å²) in [5.41, 5.74) is 1.50. The number of carbonyl (C=O) groups excluding carboxylic acids is 1. The molecule has 3 N–H and O–H groups in total. The molecule has 0 aliphatic rings. The van der Waals surface area contributed by atoms with Crippen LogP contribution in [0.3, 0.4) is 0 Å². The van der Waals surface area contributed by atoms with E-state index >= 15 is 0 Å². The van der Waals surface area contributed by atoms with Gasteiger partial charge in [-0.15, -0.1) is 11.3 Å². The fourth-order valence-electron chi connectivity index (χ4n) is 1.41. The fraction of sp³-hybridized carbons (Fsp3) is 0.0909. The summed E-state index contributed by atoms with van der Waals surface area (Å²) >= 11 is 1.10. The predicted molar refractivity (Wildman–Crippen MR) is 64.8 cm³/mol. The van der Waals surface area contributed by atoms with E-state index in [0.717, 1.165) is 16.9 Å². The zero-order valence-electron chi connectivity index (χ0n) is 8.98. The number of thiophene rings is 1. The van der Waals surface area contributed by atoms with Gasteiger partial charge in [0, 0.05) is 6.20 Å². The third-order valence-electron chi connectivity index (χ3n) is 2.25. The predicted octanol–water partition coefficient (Wildman–Crippen LogP) is 2.34. The first-order valence-electron chi connectivity index (χ1n) is 4.85. The van der Waals surface area contributed by atoms with Crippen molar-refractivity contribution < 1.29 is 14.7 Å². The molecule has 0 aliphatic carbocycles. The van der Waals surface area contributed by atoms with E-state index in [-0.39, 0.29) is 10.8 Å². The highest BCUT2D eigenvalue weighted by Crippen LogP contribution is 2.27. The number of rotatable bonds is 3. The Morgan fingerprint density at radius 1 is 1.47 bits per heavy atom. The van der Waals surface area contributed by atoms with E-state index in [1.54, 1.807) is 30.6 Å². The summed E-state index contributed by atoms with van der Waals surface area (Å²) in [7, 11) is 0. The van der Waals surface area contributed by atoms with Crippen LogP contribution in [0.4, 0.5) is 5.69 Å². The minimum absolute atomic E-state index is 0.141. The Labute approximate surface area is 101 Å². The van der Waals surface area contributed by atoms with E-state index in [4.69, 9.17) is 5.11 Å². The second-order valence-corrected chi connectivity index (χ2v) is 4.35. The molecule has 0 fully saturated rings. The van der Waals surface area contributed by atoms with Crippen molar-refractivity contribution in [2.45, 2.75) is 6.92 Å². The van der Waals surface area contributed by atoms with Crippen LogP contribution in [0.1, 0.15) is 25.7 Å². The molecule has 0 atom stereocenters. The van der Waals surface area contributed by atoms with Crippen LogP contribution in [0, 0.1) is 6.92 Å². The molecule has 5 nitrogen and oxygen atoms in total. The summed E-state index contributed by atoms with van der Waals surface area (Å²) in [4.78, 5) is 25.6. The van der Waals surface area contributed by atoms with Gasteiger partial charge in [-0.25, -0.2) is 4.79 Å². The number of nitrogens with one attached hydrogen (secondary N) is 2. The molecule has 0 spiro atoms. The lowest BCUT2D eigenvalue weighted by atomic mass is 10.2. The van der Waals surface area contributed by atoms with E-state index in [0.29, 0.717) is 11.4 Å². The number of hydrogen-bond donors (Lipinski definition) is 3. The highest BCUT2D eigenvalue weighted by Gasteiger charge is 2.18.